The van der Waals surface area contributed by atoms with Gasteiger partial charge in [0.2, 0.25) is 5.91 Å². The van der Waals surface area contributed by atoms with Crippen LogP contribution in [0.2, 0.25) is 15.1 Å². The Morgan fingerprint density at radius 3 is 1.51 bits per heavy atom. The molecular weight excluding hydrogens is 1010 g/mol. The van der Waals surface area contributed by atoms with Crippen molar-refractivity contribution in [2.24, 2.45) is 29.4 Å². The van der Waals surface area contributed by atoms with E-state index in [1.807, 2.05) is 31.2 Å². The van der Waals surface area contributed by atoms with Gasteiger partial charge in [-0.2, -0.15) is 0 Å². The lowest BCUT2D eigenvalue weighted by molar-refractivity contribution is -0.154. The molecule has 2 saturated carbocycles. The van der Waals surface area contributed by atoms with Gasteiger partial charge in [-0.1, -0.05) is 75.7 Å². The molecule has 2 fully saturated rings. The molecule has 15 heteroatoms. The lowest BCUT2D eigenvalue weighted by atomic mass is 9.82. The summed E-state index contributed by atoms with van der Waals surface area (Å²) in [5.41, 5.74) is 21.8. The molecule has 6 aliphatic carbocycles. The number of nitrogens with two attached hydrogens (primary N) is 2. The van der Waals surface area contributed by atoms with Crippen molar-refractivity contribution in [1.29, 1.82) is 0 Å². The van der Waals surface area contributed by atoms with Crippen molar-refractivity contribution in [3.05, 3.63) is 109 Å². The maximum Gasteiger partial charge on any atom is 0.316 e. The van der Waals surface area contributed by atoms with E-state index in [0.717, 1.165) is 97.8 Å². The van der Waals surface area contributed by atoms with Gasteiger partial charge in [-0.15, -0.1) is 0 Å². The van der Waals surface area contributed by atoms with Gasteiger partial charge >= 0.3 is 17.9 Å². The van der Waals surface area contributed by atoms with E-state index in [9.17, 15) is 28.8 Å². The molecular formula is C54H64BrCl3N2O9. The minimum atomic E-state index is -0.530. The van der Waals surface area contributed by atoms with Crippen LogP contribution in [-0.4, -0.2) is 60.0 Å². The van der Waals surface area contributed by atoms with Crippen molar-refractivity contribution >= 4 is 103 Å². The molecule has 9 rings (SSSR count). The summed E-state index contributed by atoms with van der Waals surface area (Å²) in [6, 6.07) is 19.1. The average Bonchev–Trinajstić information content (AvgIpc) is 3.90. The number of hydrogen-bond acceptors (Lipinski definition) is 10. The van der Waals surface area contributed by atoms with Crippen LogP contribution < -0.4 is 11.5 Å². The van der Waals surface area contributed by atoms with Crippen molar-refractivity contribution < 1.29 is 43.0 Å². The number of nitrogen functional groups attached to an aromatic ring is 1. The summed E-state index contributed by atoms with van der Waals surface area (Å²) >= 11 is 20.9. The lowest BCUT2D eigenvalue weighted by Crippen LogP contribution is -2.35. The molecule has 0 heterocycles. The smallest absolute Gasteiger partial charge is 0.316 e. The highest BCUT2D eigenvalue weighted by atomic mass is 79.9. The van der Waals surface area contributed by atoms with Crippen molar-refractivity contribution in [2.45, 2.75) is 122 Å². The van der Waals surface area contributed by atoms with Gasteiger partial charge in [0.05, 0.1) is 36.5 Å². The Morgan fingerprint density at radius 2 is 1.01 bits per heavy atom. The third-order valence-electron chi connectivity index (χ3n) is 13.1. The van der Waals surface area contributed by atoms with Crippen LogP contribution in [0.15, 0.2) is 71.8 Å². The lowest BCUT2D eigenvalue weighted by Gasteiger charge is -2.23. The number of carbonyl (C=O) groups excluding carboxylic acids is 6. The van der Waals surface area contributed by atoms with Gasteiger partial charge in [0.25, 0.3) is 0 Å². The number of allylic oxidation sites excluding steroid dienone is 2. The number of alkyl halides is 1. The van der Waals surface area contributed by atoms with Crippen LogP contribution >= 0.6 is 50.7 Å². The number of halogens is 4. The number of hydrogen-bond donors (Lipinski definition) is 2. The zero-order valence-electron chi connectivity index (χ0n) is 39.7. The maximum absolute atomic E-state index is 12.1. The molecule has 69 heavy (non-hydrogen) atoms. The molecule has 0 saturated heterocycles. The van der Waals surface area contributed by atoms with Crippen LogP contribution in [-0.2, 0) is 55.8 Å². The molecule has 1 amide bonds. The molecule has 0 spiro atoms. The highest BCUT2D eigenvalue weighted by molar-refractivity contribution is 9.10. The minimum Gasteiger partial charge on any atom is -0.466 e. The third kappa shape index (κ3) is 15.3. The molecule has 6 aliphatic rings. The van der Waals surface area contributed by atoms with Crippen LogP contribution in [0.25, 0.3) is 11.1 Å². The zero-order chi connectivity index (χ0) is 50.2. The molecule has 3 aromatic carbocycles. The number of benzene rings is 3. The second-order valence-electron chi connectivity index (χ2n) is 17.7. The van der Waals surface area contributed by atoms with Crippen LogP contribution in [0.4, 0.5) is 5.69 Å². The van der Waals surface area contributed by atoms with E-state index >= 15 is 0 Å². The first-order chi connectivity index (χ1) is 33.1. The Morgan fingerprint density at radius 1 is 0.565 bits per heavy atom. The number of Topliss-reactive ketones (excluding diaryl/α,β-unsaturated/α-hetero) is 2. The Hall–Kier alpha value is -4.49. The Kier molecular flexibility index (Phi) is 21.9. The monoisotopic (exact) mass is 1070 g/mol. The van der Waals surface area contributed by atoms with E-state index in [1.165, 1.54) is 44.5 Å². The predicted octanol–water partition coefficient (Wildman–Crippen LogP) is 11.9. The number of carbonyl (C=O) groups is 6. The molecule has 5 atom stereocenters. The van der Waals surface area contributed by atoms with Gasteiger partial charge in [-0.25, -0.2) is 0 Å². The standard InChI is InChI=1S/C16H17ClO2.C14H14ClNO.C9H13BrO3.C9H14O3.C6H6ClN/c1-2-19-16(18)13-5-3-4-12-14-9-11(17)7-6-10(14)8-15(12)13;15-9-5-4-8-6-13-10(12(8)7-9)2-1-3-11(13)14(16)17;1-2-13-9(12)6-4-3-5-7(10)8(6)11;1-2-12-9(11)7-5-3-4-6-8(7)10;7-5-1-3-6(8)4-2-5/h6-7,9,13H,2-5,8H2,1H3;4-5,7,11H,1-3,6H2,(H2,16,17);6-7H,2-5H2,1H3;7H,2-6H2,1H3;1-4H,8H2. The van der Waals surface area contributed by atoms with E-state index < -0.39 is 11.8 Å². The fourth-order valence-corrected chi connectivity index (χ4v) is 10.9. The quantitative estimate of drug-likeness (QED) is 0.0759. The maximum atomic E-state index is 12.1. The van der Waals surface area contributed by atoms with Crippen molar-refractivity contribution in [2.75, 3.05) is 25.6 Å². The summed E-state index contributed by atoms with van der Waals surface area (Å²) in [5, 5.41) is 2.25. The Labute approximate surface area is 429 Å². The second-order valence-corrected chi connectivity index (χ2v) is 20.1. The zero-order valence-corrected chi connectivity index (χ0v) is 43.6. The van der Waals surface area contributed by atoms with E-state index in [-0.39, 0.29) is 52.0 Å². The normalized spacial score (nSPS) is 21.9. The number of esters is 3. The summed E-state index contributed by atoms with van der Waals surface area (Å²) in [7, 11) is 0. The average molecular weight is 1070 g/mol. The second kappa shape index (κ2) is 27.2. The van der Waals surface area contributed by atoms with E-state index in [4.69, 9.17) is 60.5 Å². The van der Waals surface area contributed by atoms with Gasteiger partial charge in [0, 0.05) is 27.2 Å². The first-order valence-corrected chi connectivity index (χ1v) is 26.1. The van der Waals surface area contributed by atoms with E-state index in [1.54, 1.807) is 38.1 Å². The van der Waals surface area contributed by atoms with Crippen LogP contribution in [0.5, 0.6) is 0 Å². The van der Waals surface area contributed by atoms with E-state index in [0.29, 0.717) is 39.1 Å². The minimum absolute atomic E-state index is 0.0234. The van der Waals surface area contributed by atoms with Crippen molar-refractivity contribution in [3.8, 4) is 0 Å². The first kappa shape index (κ1) is 55.4. The molecule has 3 aromatic rings. The molecule has 372 valence electrons. The fraction of sp³-hybridized carbons (Fsp3) is 0.481. The number of amides is 1. The summed E-state index contributed by atoms with van der Waals surface area (Å²) in [6.07, 6.45) is 13.2. The topological polar surface area (TPSA) is 182 Å². The Bertz CT molecular complexity index is 2380. The number of ether oxygens (including phenoxy) is 3. The highest BCUT2D eigenvalue weighted by Crippen LogP contribution is 2.46. The number of anilines is 1. The molecule has 0 radical (unpaired) electrons. The molecule has 0 aliphatic heterocycles. The summed E-state index contributed by atoms with van der Waals surface area (Å²) < 4.78 is 14.8. The van der Waals surface area contributed by atoms with Gasteiger partial charge in [0.1, 0.15) is 17.6 Å². The van der Waals surface area contributed by atoms with Gasteiger partial charge in [-0.3, -0.25) is 28.8 Å². The molecule has 0 aromatic heterocycles. The fourth-order valence-electron chi connectivity index (χ4n) is 9.74. The largest absolute Gasteiger partial charge is 0.466 e. The molecule has 0 bridgehead atoms. The van der Waals surface area contributed by atoms with Crippen molar-refractivity contribution in [3.63, 3.8) is 0 Å². The van der Waals surface area contributed by atoms with Crippen LogP contribution in [0.3, 0.4) is 0 Å². The first-order valence-electron chi connectivity index (χ1n) is 24.1. The number of rotatable bonds is 7. The SMILES string of the molecule is CCOC(=O)C1CCCC(Br)C1=O.CCOC(=O)C1CCCC2=C1Cc1ccc(Cl)cc12.CCOC(=O)C1CCCCC1=O.NC(=O)C1CCCC2=C1Cc1ccc(Cl)cc12.Nc1ccc(Cl)cc1. The predicted molar refractivity (Wildman–Crippen MR) is 276 cm³/mol. The summed E-state index contributed by atoms with van der Waals surface area (Å²) in [6.45, 7) is 6.52. The molecule has 11 nitrogen and oxygen atoms in total. The van der Waals surface area contributed by atoms with Crippen LogP contribution in [0.1, 0.15) is 126 Å². The third-order valence-corrected chi connectivity index (χ3v) is 14.7. The van der Waals surface area contributed by atoms with E-state index in [2.05, 4.69) is 28.1 Å². The Balaban J connectivity index is 0.000000165. The van der Waals surface area contributed by atoms with Gasteiger partial charge in [-0.05, 0) is 191 Å². The highest BCUT2D eigenvalue weighted by Gasteiger charge is 2.37. The van der Waals surface area contributed by atoms with Gasteiger partial charge < -0.3 is 25.7 Å². The number of fused-ring (bicyclic) bond motifs is 4. The summed E-state index contributed by atoms with van der Waals surface area (Å²) in [5.74, 6) is -2.01. The van der Waals surface area contributed by atoms with Gasteiger partial charge in [0.15, 0.2) is 5.78 Å². The molecule has 4 N–H and O–H groups in total. The number of ketones is 2. The summed E-state index contributed by atoms with van der Waals surface area (Å²) in [4.78, 5) is 68.6. The molecule has 5 unspecified atom stereocenters. The van der Waals surface area contributed by atoms with Crippen LogP contribution in [0, 0.1) is 23.7 Å². The number of primary amides is 1. The van der Waals surface area contributed by atoms with Crippen molar-refractivity contribution in [1.82, 2.24) is 0 Å².